The Kier molecular flexibility index (Phi) is 5.63. The molecule has 3 atom stereocenters. The standard InChI is InChI=1S/C21H27FO3Si/c1-21(2,3)26(17-10-6-4-7-11-17,18-12-8-5-9-13-18)24-15-16-14-19(22)20(23)25-16/h4-13,16,19-20,23H,14-15H2,1-3H3/t16-,19-,20?/m0/s1. The molecule has 1 aliphatic rings. The van der Waals surface area contributed by atoms with E-state index in [1.807, 2.05) is 36.4 Å². The largest absolute Gasteiger partial charge is 0.405 e. The molecule has 140 valence electrons. The maximum atomic E-state index is 13.6. The van der Waals surface area contributed by atoms with Gasteiger partial charge in [-0.2, -0.15) is 0 Å². The average molecular weight is 375 g/mol. The number of ether oxygens (including phenoxy) is 1. The molecule has 1 fully saturated rings. The SMILES string of the molecule is CC(C)(C)[Si](OC[C@@H]1C[C@H](F)C(O)O1)(c1ccccc1)c1ccccc1. The molecule has 1 N–H and O–H groups in total. The van der Waals surface area contributed by atoms with Gasteiger partial charge in [0, 0.05) is 6.42 Å². The second kappa shape index (κ2) is 7.60. The van der Waals surface area contributed by atoms with Crippen molar-refractivity contribution in [2.45, 2.75) is 50.8 Å². The maximum absolute atomic E-state index is 13.6. The summed E-state index contributed by atoms with van der Waals surface area (Å²) in [5.41, 5.74) is 0. The lowest BCUT2D eigenvalue weighted by atomic mass is 10.2. The zero-order valence-corrected chi connectivity index (χ0v) is 16.6. The molecule has 1 aliphatic heterocycles. The van der Waals surface area contributed by atoms with Crippen LogP contribution in [-0.2, 0) is 9.16 Å². The minimum absolute atomic E-state index is 0.137. The summed E-state index contributed by atoms with van der Waals surface area (Å²) in [6.07, 6.45) is -2.95. The number of benzene rings is 2. The average Bonchev–Trinajstić information content (AvgIpc) is 2.94. The Hall–Kier alpha value is -1.53. The van der Waals surface area contributed by atoms with Crippen LogP contribution in [0.1, 0.15) is 27.2 Å². The third-order valence-electron chi connectivity index (χ3n) is 5.03. The van der Waals surface area contributed by atoms with Gasteiger partial charge < -0.3 is 14.3 Å². The quantitative estimate of drug-likeness (QED) is 0.818. The predicted molar refractivity (Wildman–Crippen MR) is 104 cm³/mol. The molecule has 3 nitrogen and oxygen atoms in total. The van der Waals surface area contributed by atoms with Crippen LogP contribution in [0.3, 0.4) is 0 Å². The molecule has 2 aromatic rings. The zero-order valence-electron chi connectivity index (χ0n) is 15.6. The van der Waals surface area contributed by atoms with Crippen molar-refractivity contribution < 1.29 is 18.7 Å². The van der Waals surface area contributed by atoms with Crippen LogP contribution in [0.25, 0.3) is 0 Å². The van der Waals surface area contributed by atoms with E-state index < -0.39 is 26.9 Å². The number of alkyl halides is 1. The van der Waals surface area contributed by atoms with E-state index in [4.69, 9.17) is 9.16 Å². The summed E-state index contributed by atoms with van der Waals surface area (Å²) in [4.78, 5) is 0. The van der Waals surface area contributed by atoms with E-state index in [1.165, 1.54) is 10.4 Å². The number of aliphatic hydroxyl groups excluding tert-OH is 1. The van der Waals surface area contributed by atoms with Gasteiger partial charge in [0.05, 0.1) is 12.7 Å². The number of hydrogen-bond donors (Lipinski definition) is 1. The van der Waals surface area contributed by atoms with Crippen molar-refractivity contribution >= 4 is 18.7 Å². The van der Waals surface area contributed by atoms with Crippen molar-refractivity contribution in [2.75, 3.05) is 6.61 Å². The molecule has 0 spiro atoms. The summed E-state index contributed by atoms with van der Waals surface area (Å²) >= 11 is 0. The fourth-order valence-corrected chi connectivity index (χ4v) is 8.38. The highest BCUT2D eigenvalue weighted by Gasteiger charge is 2.51. The van der Waals surface area contributed by atoms with Crippen LogP contribution in [0.15, 0.2) is 60.7 Å². The number of halogens is 1. The lowest BCUT2D eigenvalue weighted by molar-refractivity contribution is -0.118. The fraction of sp³-hybridized carbons (Fsp3) is 0.429. The van der Waals surface area contributed by atoms with E-state index in [2.05, 4.69) is 45.0 Å². The van der Waals surface area contributed by atoms with Crippen LogP contribution in [0, 0.1) is 0 Å². The molecule has 1 saturated heterocycles. The van der Waals surface area contributed by atoms with Crippen LogP contribution in [0.5, 0.6) is 0 Å². The van der Waals surface area contributed by atoms with E-state index in [0.717, 1.165) is 0 Å². The number of aliphatic hydroxyl groups is 1. The molecule has 5 heteroatoms. The van der Waals surface area contributed by atoms with Crippen LogP contribution < -0.4 is 10.4 Å². The molecule has 0 aliphatic carbocycles. The van der Waals surface area contributed by atoms with Crippen molar-refractivity contribution in [3.05, 3.63) is 60.7 Å². The van der Waals surface area contributed by atoms with Gasteiger partial charge in [0.15, 0.2) is 12.5 Å². The Bertz CT molecular complexity index is 653. The molecule has 1 heterocycles. The van der Waals surface area contributed by atoms with Gasteiger partial charge in [0.1, 0.15) is 0 Å². The predicted octanol–water partition coefficient (Wildman–Crippen LogP) is 3.01. The Morgan fingerprint density at radius 3 is 1.92 bits per heavy atom. The highest BCUT2D eigenvalue weighted by Crippen LogP contribution is 2.37. The van der Waals surface area contributed by atoms with Crippen molar-refractivity contribution in [3.63, 3.8) is 0 Å². The molecular weight excluding hydrogens is 347 g/mol. The van der Waals surface area contributed by atoms with Gasteiger partial charge in [-0.05, 0) is 15.4 Å². The number of rotatable bonds is 5. The van der Waals surface area contributed by atoms with Crippen molar-refractivity contribution in [3.8, 4) is 0 Å². The molecule has 2 aromatic carbocycles. The van der Waals surface area contributed by atoms with Crippen LogP contribution in [0.4, 0.5) is 4.39 Å². The van der Waals surface area contributed by atoms with Gasteiger partial charge >= 0.3 is 0 Å². The van der Waals surface area contributed by atoms with E-state index in [0.29, 0.717) is 0 Å². The lowest BCUT2D eigenvalue weighted by Gasteiger charge is -2.43. The number of hydrogen-bond acceptors (Lipinski definition) is 3. The molecule has 0 saturated carbocycles. The monoisotopic (exact) mass is 374 g/mol. The van der Waals surface area contributed by atoms with Gasteiger partial charge in [0.2, 0.25) is 0 Å². The molecule has 0 aromatic heterocycles. The van der Waals surface area contributed by atoms with E-state index >= 15 is 0 Å². The van der Waals surface area contributed by atoms with Crippen molar-refractivity contribution in [2.24, 2.45) is 0 Å². The molecule has 3 rings (SSSR count). The maximum Gasteiger partial charge on any atom is 0.261 e. The molecular formula is C21H27FO3Si. The Balaban J connectivity index is 2.00. The Morgan fingerprint density at radius 1 is 1.04 bits per heavy atom. The second-order valence-electron chi connectivity index (χ2n) is 7.87. The fourth-order valence-electron chi connectivity index (χ4n) is 3.79. The Morgan fingerprint density at radius 2 is 1.54 bits per heavy atom. The van der Waals surface area contributed by atoms with Crippen LogP contribution >= 0.6 is 0 Å². The van der Waals surface area contributed by atoms with Gasteiger partial charge in [0.25, 0.3) is 8.32 Å². The van der Waals surface area contributed by atoms with E-state index in [9.17, 15) is 9.50 Å². The molecule has 0 bridgehead atoms. The molecule has 0 amide bonds. The highest BCUT2D eigenvalue weighted by molar-refractivity contribution is 6.99. The normalized spacial score (nSPS) is 24.0. The second-order valence-corrected chi connectivity index (χ2v) is 12.2. The lowest BCUT2D eigenvalue weighted by Crippen LogP contribution is -2.67. The first-order valence-corrected chi connectivity index (χ1v) is 11.0. The summed E-state index contributed by atoms with van der Waals surface area (Å²) in [6, 6.07) is 20.6. The highest BCUT2D eigenvalue weighted by atomic mass is 28.4. The van der Waals surface area contributed by atoms with Gasteiger partial charge in [-0.25, -0.2) is 4.39 Å². The molecule has 0 radical (unpaired) electrons. The zero-order chi connectivity index (χ0) is 18.8. The minimum Gasteiger partial charge on any atom is -0.405 e. The van der Waals surface area contributed by atoms with Gasteiger partial charge in [-0.3, -0.25) is 0 Å². The van der Waals surface area contributed by atoms with Crippen LogP contribution in [-0.4, -0.2) is 38.6 Å². The van der Waals surface area contributed by atoms with Gasteiger partial charge in [-0.15, -0.1) is 0 Å². The first-order valence-electron chi connectivity index (χ1n) is 9.07. The first-order chi connectivity index (χ1) is 12.3. The summed E-state index contributed by atoms with van der Waals surface area (Å²) in [5, 5.41) is 11.8. The smallest absolute Gasteiger partial charge is 0.261 e. The first kappa shape index (κ1) is 19.2. The topological polar surface area (TPSA) is 38.7 Å². The summed E-state index contributed by atoms with van der Waals surface area (Å²) < 4.78 is 25.7. The van der Waals surface area contributed by atoms with Gasteiger partial charge in [-0.1, -0.05) is 81.4 Å². The van der Waals surface area contributed by atoms with E-state index in [1.54, 1.807) is 0 Å². The summed E-state index contributed by atoms with van der Waals surface area (Å²) in [7, 11) is -2.64. The third-order valence-corrected chi connectivity index (χ3v) is 10.0. The van der Waals surface area contributed by atoms with Crippen molar-refractivity contribution in [1.82, 2.24) is 0 Å². The molecule has 26 heavy (non-hydrogen) atoms. The van der Waals surface area contributed by atoms with E-state index in [-0.39, 0.29) is 18.1 Å². The summed E-state index contributed by atoms with van der Waals surface area (Å²) in [6.45, 7) is 6.86. The summed E-state index contributed by atoms with van der Waals surface area (Å²) in [5.74, 6) is 0. The third kappa shape index (κ3) is 3.62. The van der Waals surface area contributed by atoms with Crippen LogP contribution in [0.2, 0.25) is 5.04 Å². The molecule has 1 unspecified atom stereocenters. The Labute approximate surface area is 155 Å². The minimum atomic E-state index is -2.64. The van der Waals surface area contributed by atoms with Crippen molar-refractivity contribution in [1.29, 1.82) is 0 Å².